The minimum absolute atomic E-state index is 0.206. The van der Waals surface area contributed by atoms with Gasteiger partial charge >= 0.3 is 5.97 Å². The highest BCUT2D eigenvalue weighted by molar-refractivity contribution is 9.10. The molecule has 4 nitrogen and oxygen atoms in total. The Labute approximate surface area is 138 Å². The van der Waals surface area contributed by atoms with Crippen LogP contribution in [0, 0.1) is 0 Å². The number of hydrogen-bond acceptors (Lipinski definition) is 4. The quantitative estimate of drug-likeness (QED) is 0.822. The Hall–Kier alpha value is -0.620. The van der Waals surface area contributed by atoms with E-state index in [9.17, 15) is 4.79 Å². The Bertz CT molecular complexity index is 491. The number of esters is 1. The summed E-state index contributed by atoms with van der Waals surface area (Å²) >= 11 is 9.52. The second kappa shape index (κ2) is 8.13. The van der Waals surface area contributed by atoms with Crippen LogP contribution < -0.4 is 5.32 Å². The van der Waals surface area contributed by atoms with E-state index in [1.807, 2.05) is 25.1 Å². The summed E-state index contributed by atoms with van der Waals surface area (Å²) in [4.78, 5) is 14.6. The van der Waals surface area contributed by atoms with Crippen LogP contribution in [0.25, 0.3) is 0 Å². The fourth-order valence-corrected chi connectivity index (χ4v) is 3.44. The summed E-state index contributed by atoms with van der Waals surface area (Å²) in [5, 5.41) is 4.00. The van der Waals surface area contributed by atoms with Crippen molar-refractivity contribution in [3.63, 3.8) is 0 Å². The van der Waals surface area contributed by atoms with E-state index in [2.05, 4.69) is 26.1 Å². The Morgan fingerprint density at radius 2 is 2.29 bits per heavy atom. The smallest absolute Gasteiger partial charge is 0.328 e. The maximum Gasteiger partial charge on any atom is 0.328 e. The van der Waals surface area contributed by atoms with Crippen molar-refractivity contribution < 1.29 is 9.53 Å². The van der Waals surface area contributed by atoms with E-state index in [0.29, 0.717) is 11.6 Å². The molecule has 0 spiro atoms. The average molecular weight is 376 g/mol. The zero-order valence-electron chi connectivity index (χ0n) is 12.1. The van der Waals surface area contributed by atoms with E-state index in [1.54, 1.807) is 0 Å². The Kier molecular flexibility index (Phi) is 6.48. The molecule has 1 unspecified atom stereocenters. The van der Waals surface area contributed by atoms with E-state index < -0.39 is 6.04 Å². The van der Waals surface area contributed by atoms with Gasteiger partial charge in [-0.25, -0.2) is 4.79 Å². The first-order valence-electron chi connectivity index (χ1n) is 7.20. The summed E-state index contributed by atoms with van der Waals surface area (Å²) in [6, 6.07) is 5.13. The van der Waals surface area contributed by atoms with Crippen molar-refractivity contribution in [3.8, 4) is 0 Å². The van der Waals surface area contributed by atoms with Gasteiger partial charge in [-0.05, 0) is 37.6 Å². The van der Waals surface area contributed by atoms with Crippen LogP contribution in [0.4, 0.5) is 0 Å². The van der Waals surface area contributed by atoms with Gasteiger partial charge in [0, 0.05) is 29.1 Å². The first-order chi connectivity index (χ1) is 10.1. The molecule has 21 heavy (non-hydrogen) atoms. The summed E-state index contributed by atoms with van der Waals surface area (Å²) in [6.07, 6.45) is 1.01. The van der Waals surface area contributed by atoms with E-state index in [4.69, 9.17) is 16.3 Å². The number of ether oxygens (including phenoxy) is 1. The van der Waals surface area contributed by atoms with Crippen molar-refractivity contribution in [3.05, 3.63) is 33.3 Å². The molecule has 1 aromatic carbocycles. The molecule has 1 heterocycles. The van der Waals surface area contributed by atoms with Gasteiger partial charge in [0.05, 0.1) is 6.61 Å². The lowest BCUT2D eigenvalue weighted by atomic mass is 10.0. The van der Waals surface area contributed by atoms with Gasteiger partial charge in [0.1, 0.15) is 6.04 Å². The summed E-state index contributed by atoms with van der Waals surface area (Å²) < 4.78 is 6.12. The second-order valence-corrected chi connectivity index (χ2v) is 6.25. The SMILES string of the molecule is CCOC(=O)C(c1ccc(Cl)cc1Br)N1CCCNCC1. The van der Waals surface area contributed by atoms with Gasteiger partial charge in [0.2, 0.25) is 0 Å². The molecule has 2 rings (SSSR count). The Balaban J connectivity index is 2.32. The van der Waals surface area contributed by atoms with Crippen LogP contribution in [-0.4, -0.2) is 43.7 Å². The van der Waals surface area contributed by atoms with Gasteiger partial charge in [0.25, 0.3) is 0 Å². The molecule has 1 aliphatic rings. The normalized spacial score (nSPS) is 18.0. The van der Waals surface area contributed by atoms with Crippen molar-refractivity contribution in [2.45, 2.75) is 19.4 Å². The first kappa shape index (κ1) is 16.7. The number of benzene rings is 1. The highest BCUT2D eigenvalue weighted by atomic mass is 79.9. The number of carbonyl (C=O) groups is 1. The van der Waals surface area contributed by atoms with E-state index in [0.717, 1.165) is 42.6 Å². The summed E-state index contributed by atoms with van der Waals surface area (Å²) in [6.45, 7) is 5.75. The molecule has 0 aromatic heterocycles. The topological polar surface area (TPSA) is 41.6 Å². The second-order valence-electron chi connectivity index (χ2n) is 4.96. The number of halogens is 2. The van der Waals surface area contributed by atoms with Crippen LogP contribution in [0.5, 0.6) is 0 Å². The molecule has 1 aromatic rings. The third-order valence-corrected chi connectivity index (χ3v) is 4.43. The van der Waals surface area contributed by atoms with Crippen molar-refractivity contribution in [1.29, 1.82) is 0 Å². The van der Waals surface area contributed by atoms with E-state index in [1.165, 1.54) is 0 Å². The molecular weight excluding hydrogens is 356 g/mol. The molecule has 1 atom stereocenters. The van der Waals surface area contributed by atoms with Crippen LogP contribution in [0.2, 0.25) is 5.02 Å². The zero-order chi connectivity index (χ0) is 15.2. The van der Waals surface area contributed by atoms with Gasteiger partial charge in [-0.2, -0.15) is 0 Å². The number of rotatable bonds is 4. The van der Waals surface area contributed by atoms with Crippen LogP contribution in [0.3, 0.4) is 0 Å². The summed E-state index contributed by atoms with van der Waals surface area (Å²) in [7, 11) is 0. The van der Waals surface area contributed by atoms with E-state index >= 15 is 0 Å². The molecular formula is C15H20BrClN2O2. The molecule has 116 valence electrons. The molecule has 1 aliphatic heterocycles. The summed E-state index contributed by atoms with van der Waals surface area (Å²) in [5.74, 6) is -0.206. The number of carbonyl (C=O) groups excluding carboxylic acids is 1. The maximum absolute atomic E-state index is 12.5. The lowest BCUT2D eigenvalue weighted by Crippen LogP contribution is -2.37. The summed E-state index contributed by atoms with van der Waals surface area (Å²) in [5.41, 5.74) is 0.903. The molecule has 0 saturated carbocycles. The van der Waals surface area contributed by atoms with Crippen molar-refractivity contribution in [2.24, 2.45) is 0 Å². The number of hydrogen-bond donors (Lipinski definition) is 1. The highest BCUT2D eigenvalue weighted by Crippen LogP contribution is 2.31. The van der Waals surface area contributed by atoms with E-state index in [-0.39, 0.29) is 5.97 Å². The van der Waals surface area contributed by atoms with Gasteiger partial charge in [-0.1, -0.05) is 33.6 Å². The van der Waals surface area contributed by atoms with Gasteiger partial charge in [-0.3, -0.25) is 4.90 Å². The fraction of sp³-hybridized carbons (Fsp3) is 0.533. The highest BCUT2D eigenvalue weighted by Gasteiger charge is 2.30. The number of nitrogens with one attached hydrogen (secondary N) is 1. The first-order valence-corrected chi connectivity index (χ1v) is 8.37. The lowest BCUT2D eigenvalue weighted by Gasteiger charge is -2.29. The van der Waals surface area contributed by atoms with Crippen molar-refractivity contribution >= 4 is 33.5 Å². The largest absolute Gasteiger partial charge is 0.465 e. The number of nitrogens with zero attached hydrogens (tertiary/aromatic N) is 1. The monoisotopic (exact) mass is 374 g/mol. The van der Waals surface area contributed by atoms with Crippen molar-refractivity contribution in [2.75, 3.05) is 32.8 Å². The van der Waals surface area contributed by atoms with Crippen LogP contribution in [0.1, 0.15) is 24.9 Å². The van der Waals surface area contributed by atoms with Crippen LogP contribution in [-0.2, 0) is 9.53 Å². The maximum atomic E-state index is 12.5. The van der Waals surface area contributed by atoms with Gasteiger partial charge in [0.15, 0.2) is 0 Å². The average Bonchev–Trinajstić information content (AvgIpc) is 2.71. The molecule has 0 amide bonds. The fourth-order valence-electron chi connectivity index (χ4n) is 2.54. The molecule has 0 radical (unpaired) electrons. The third kappa shape index (κ3) is 4.42. The van der Waals surface area contributed by atoms with Gasteiger partial charge < -0.3 is 10.1 Å². The molecule has 0 bridgehead atoms. The Morgan fingerprint density at radius 3 is 3.00 bits per heavy atom. The minimum atomic E-state index is -0.392. The predicted molar refractivity (Wildman–Crippen MR) is 87.6 cm³/mol. The van der Waals surface area contributed by atoms with Gasteiger partial charge in [-0.15, -0.1) is 0 Å². The third-order valence-electron chi connectivity index (χ3n) is 3.51. The van der Waals surface area contributed by atoms with Crippen molar-refractivity contribution in [1.82, 2.24) is 10.2 Å². The lowest BCUT2D eigenvalue weighted by molar-refractivity contribution is -0.149. The molecule has 6 heteroatoms. The molecule has 0 aliphatic carbocycles. The minimum Gasteiger partial charge on any atom is -0.465 e. The molecule has 1 fully saturated rings. The predicted octanol–water partition coefficient (Wildman–Crippen LogP) is 3.00. The zero-order valence-corrected chi connectivity index (χ0v) is 14.4. The van der Waals surface area contributed by atoms with Crippen LogP contribution >= 0.6 is 27.5 Å². The standard InChI is InChI=1S/C15H20BrClN2O2/c1-2-21-15(20)14(19-8-3-6-18-7-9-19)12-5-4-11(17)10-13(12)16/h4-5,10,14,18H,2-3,6-9H2,1H3. The molecule has 1 saturated heterocycles. The molecule has 1 N–H and O–H groups in total. The Morgan fingerprint density at radius 1 is 1.48 bits per heavy atom. The van der Waals surface area contributed by atoms with Crippen LogP contribution in [0.15, 0.2) is 22.7 Å².